The Balaban J connectivity index is 2.01. The molecule has 138 valence electrons. The molecular weight excluding hydrogens is 387 g/mol. The normalized spacial score (nSPS) is 17.7. The van der Waals surface area contributed by atoms with Gasteiger partial charge in [-0.15, -0.1) is 11.0 Å². The Hall–Kier alpha value is -2.71. The van der Waals surface area contributed by atoms with Crippen LogP contribution in [0.4, 0.5) is 4.39 Å². The molecule has 1 saturated heterocycles. The summed E-state index contributed by atoms with van der Waals surface area (Å²) in [7, 11) is -3.99. The van der Waals surface area contributed by atoms with Crippen molar-refractivity contribution in [2.24, 2.45) is 4.40 Å². The molecule has 1 aliphatic rings. The zero-order chi connectivity index (χ0) is 19.4. The average molecular weight is 402 g/mol. The molecule has 0 unspecified atom stereocenters. The number of sulfonamides is 1. The molecule has 0 N–H and O–H groups in total. The number of halogens is 1. The zero-order valence-corrected chi connectivity index (χ0v) is 15.7. The average Bonchev–Trinajstić information content (AvgIpc) is 2.93. The smallest absolute Gasteiger partial charge is 0.282 e. The van der Waals surface area contributed by atoms with Crippen molar-refractivity contribution in [3.8, 4) is 0 Å². The lowest BCUT2D eigenvalue weighted by molar-refractivity contribution is -0.121. The van der Waals surface area contributed by atoms with E-state index in [9.17, 15) is 17.6 Å². The first-order valence-corrected chi connectivity index (χ1v) is 10.1. The van der Waals surface area contributed by atoms with Crippen LogP contribution in [0.1, 0.15) is 5.56 Å². The van der Waals surface area contributed by atoms with E-state index in [0.29, 0.717) is 0 Å². The maximum atomic E-state index is 13.9. The van der Waals surface area contributed by atoms with E-state index in [1.54, 1.807) is 30.3 Å². The van der Waals surface area contributed by atoms with Crippen LogP contribution >= 0.6 is 11.8 Å². The first-order valence-electron chi connectivity index (χ1n) is 7.89. The third-order valence-electron chi connectivity index (χ3n) is 3.63. The maximum Gasteiger partial charge on any atom is 0.284 e. The summed E-state index contributed by atoms with van der Waals surface area (Å²) in [4.78, 5) is 14.0. The molecule has 2 aromatic rings. The van der Waals surface area contributed by atoms with Gasteiger partial charge < -0.3 is 0 Å². The highest BCUT2D eigenvalue weighted by Crippen LogP contribution is 2.34. The van der Waals surface area contributed by atoms with Crippen LogP contribution in [-0.4, -0.2) is 30.9 Å². The van der Waals surface area contributed by atoms with Gasteiger partial charge in [-0.3, -0.25) is 9.69 Å². The van der Waals surface area contributed by atoms with Crippen molar-refractivity contribution in [2.75, 3.05) is 6.54 Å². The van der Waals surface area contributed by atoms with E-state index >= 15 is 0 Å². The largest absolute Gasteiger partial charge is 0.284 e. The van der Waals surface area contributed by atoms with Gasteiger partial charge in [-0.1, -0.05) is 42.5 Å². The molecule has 0 bridgehead atoms. The van der Waals surface area contributed by atoms with Gasteiger partial charge in [0, 0.05) is 12.1 Å². The summed E-state index contributed by atoms with van der Waals surface area (Å²) < 4.78 is 42.7. The molecule has 0 aromatic heterocycles. The minimum absolute atomic E-state index is 0.00587. The summed E-state index contributed by atoms with van der Waals surface area (Å²) in [6.07, 6.45) is 2.85. The topological polar surface area (TPSA) is 66.8 Å². The maximum absolute atomic E-state index is 13.9. The lowest BCUT2D eigenvalue weighted by atomic mass is 10.2. The minimum Gasteiger partial charge on any atom is -0.282 e. The number of hydrogen-bond acceptors (Lipinski definition) is 4. The summed E-state index contributed by atoms with van der Waals surface area (Å²) in [5.41, 5.74) is 0.235. The number of amidine groups is 1. The van der Waals surface area contributed by atoms with E-state index in [4.69, 9.17) is 0 Å². The number of rotatable bonds is 5. The van der Waals surface area contributed by atoms with E-state index in [0.717, 1.165) is 11.8 Å². The number of carbonyl (C=O) groups excluding carboxylic acids is 1. The molecule has 0 spiro atoms. The van der Waals surface area contributed by atoms with Gasteiger partial charge in [-0.25, -0.2) is 4.39 Å². The van der Waals surface area contributed by atoms with Gasteiger partial charge >= 0.3 is 0 Å². The number of benzene rings is 2. The number of hydrogen-bond donors (Lipinski definition) is 0. The Morgan fingerprint density at radius 1 is 1.11 bits per heavy atom. The molecule has 0 saturated carbocycles. The van der Waals surface area contributed by atoms with Crippen molar-refractivity contribution in [3.05, 3.63) is 83.5 Å². The summed E-state index contributed by atoms with van der Waals surface area (Å²) in [5, 5.41) is 0.00587. The van der Waals surface area contributed by atoms with Crippen LogP contribution in [0.3, 0.4) is 0 Å². The number of amides is 1. The fourth-order valence-electron chi connectivity index (χ4n) is 2.35. The molecule has 8 heteroatoms. The molecule has 0 atom stereocenters. The first-order chi connectivity index (χ1) is 12.9. The van der Waals surface area contributed by atoms with Crippen LogP contribution in [0.25, 0.3) is 6.08 Å². The molecule has 1 amide bonds. The van der Waals surface area contributed by atoms with E-state index in [-0.39, 0.29) is 27.1 Å². The van der Waals surface area contributed by atoms with Crippen LogP contribution in [0.5, 0.6) is 0 Å². The quantitative estimate of drug-likeness (QED) is 0.565. The molecular formula is C19H15FN2O3S2. The van der Waals surface area contributed by atoms with Crippen LogP contribution in [0.15, 0.2) is 81.5 Å². The lowest BCUT2D eigenvalue weighted by Gasteiger charge is -2.12. The molecule has 27 heavy (non-hydrogen) atoms. The SMILES string of the molecule is C=CCN1C(=O)/C(=C/c2ccccc2F)S/C1=N\S(=O)(=O)c1ccccc1. The minimum atomic E-state index is -3.99. The summed E-state index contributed by atoms with van der Waals surface area (Å²) in [5.74, 6) is -0.930. The van der Waals surface area contributed by atoms with Crippen LogP contribution < -0.4 is 0 Å². The van der Waals surface area contributed by atoms with Gasteiger partial charge in [-0.05, 0) is 36.0 Å². The summed E-state index contributed by atoms with van der Waals surface area (Å²) >= 11 is 0.886. The number of nitrogens with zero attached hydrogens (tertiary/aromatic N) is 2. The zero-order valence-electron chi connectivity index (χ0n) is 14.1. The van der Waals surface area contributed by atoms with Gasteiger partial charge in [0.1, 0.15) is 5.82 Å². The number of thioether (sulfide) groups is 1. The van der Waals surface area contributed by atoms with Gasteiger partial charge in [0.25, 0.3) is 15.9 Å². The Morgan fingerprint density at radius 3 is 2.44 bits per heavy atom. The van der Waals surface area contributed by atoms with Crippen molar-refractivity contribution in [1.82, 2.24) is 4.90 Å². The van der Waals surface area contributed by atoms with E-state index in [1.807, 2.05) is 0 Å². The van der Waals surface area contributed by atoms with Crippen LogP contribution in [0, 0.1) is 5.82 Å². The number of carbonyl (C=O) groups is 1. The Morgan fingerprint density at radius 2 is 1.78 bits per heavy atom. The second-order valence-corrected chi connectivity index (χ2v) is 8.11. The fraction of sp³-hybridized carbons (Fsp3) is 0.0526. The molecule has 2 aromatic carbocycles. The molecule has 1 aliphatic heterocycles. The monoisotopic (exact) mass is 402 g/mol. The van der Waals surface area contributed by atoms with Crippen LogP contribution in [0.2, 0.25) is 0 Å². The highest BCUT2D eigenvalue weighted by molar-refractivity contribution is 8.19. The third kappa shape index (κ3) is 4.17. The Labute approximate surface area is 161 Å². The first kappa shape index (κ1) is 19.1. The molecule has 0 aliphatic carbocycles. The van der Waals surface area contributed by atoms with Crippen molar-refractivity contribution < 1.29 is 17.6 Å². The Bertz CT molecular complexity index is 1050. The lowest BCUT2D eigenvalue weighted by Crippen LogP contribution is -2.29. The Kier molecular flexibility index (Phi) is 5.57. The van der Waals surface area contributed by atoms with Gasteiger partial charge in [0.05, 0.1) is 9.80 Å². The van der Waals surface area contributed by atoms with Gasteiger partial charge in [-0.2, -0.15) is 8.42 Å². The van der Waals surface area contributed by atoms with Crippen molar-refractivity contribution in [2.45, 2.75) is 4.90 Å². The predicted octanol–water partition coefficient (Wildman–Crippen LogP) is 3.67. The highest BCUT2D eigenvalue weighted by Gasteiger charge is 2.34. The molecule has 0 radical (unpaired) electrons. The summed E-state index contributed by atoms with van der Waals surface area (Å²) in [6, 6.07) is 13.7. The van der Waals surface area contributed by atoms with Crippen molar-refractivity contribution in [3.63, 3.8) is 0 Å². The standard InChI is InChI=1S/C19H15FN2O3S2/c1-2-12-22-18(23)17(13-14-8-6-7-11-16(14)20)26-19(22)21-27(24,25)15-9-4-3-5-10-15/h2-11,13H,1,12H2/b17-13-,21-19-. The molecule has 3 rings (SSSR count). The van der Waals surface area contributed by atoms with E-state index in [1.165, 1.54) is 41.3 Å². The third-order valence-corrected chi connectivity index (χ3v) is 6.03. The van der Waals surface area contributed by atoms with Gasteiger partial charge in [0.2, 0.25) is 0 Å². The van der Waals surface area contributed by atoms with Crippen molar-refractivity contribution in [1.29, 1.82) is 0 Å². The molecule has 1 fully saturated rings. The molecule has 5 nitrogen and oxygen atoms in total. The van der Waals surface area contributed by atoms with Gasteiger partial charge in [0.15, 0.2) is 5.17 Å². The van der Waals surface area contributed by atoms with Crippen LogP contribution in [-0.2, 0) is 14.8 Å². The fourth-order valence-corrected chi connectivity index (χ4v) is 4.55. The second kappa shape index (κ2) is 7.89. The van der Waals surface area contributed by atoms with E-state index < -0.39 is 21.7 Å². The summed E-state index contributed by atoms with van der Waals surface area (Å²) in [6.45, 7) is 3.67. The second-order valence-electron chi connectivity index (χ2n) is 5.50. The van der Waals surface area contributed by atoms with Crippen molar-refractivity contribution >= 4 is 38.9 Å². The highest BCUT2D eigenvalue weighted by atomic mass is 32.2. The van der Waals surface area contributed by atoms with E-state index in [2.05, 4.69) is 11.0 Å². The molecule has 1 heterocycles. The predicted molar refractivity (Wildman–Crippen MR) is 105 cm³/mol.